The maximum atomic E-state index is 12.4. The number of hydrogen-bond acceptors (Lipinski definition) is 4. The molecule has 1 N–H and O–H groups in total. The molecule has 4 aromatic rings. The van der Waals surface area contributed by atoms with E-state index in [1.807, 2.05) is 36.4 Å². The zero-order valence-corrected chi connectivity index (χ0v) is 16.1. The number of rotatable bonds is 5. The van der Waals surface area contributed by atoms with Crippen LogP contribution in [0.5, 0.6) is 0 Å². The number of thiophene rings is 1. The summed E-state index contributed by atoms with van der Waals surface area (Å²) in [5.74, 6) is -0.0647. The average Bonchev–Trinajstić information content (AvgIpc) is 3.28. The molecule has 0 fully saturated rings. The minimum atomic E-state index is -0.0647. The number of carbonyl (C=O) groups is 1. The molecule has 0 aliphatic carbocycles. The molecule has 130 valence electrons. The summed E-state index contributed by atoms with van der Waals surface area (Å²) in [6.45, 7) is 0.528. The highest BCUT2D eigenvalue weighted by molar-refractivity contribution is 7.16. The topological polar surface area (TPSA) is 42.0 Å². The highest BCUT2D eigenvalue weighted by Gasteiger charge is 2.09. The van der Waals surface area contributed by atoms with Gasteiger partial charge in [-0.05, 0) is 48.0 Å². The molecule has 3 nitrogen and oxygen atoms in total. The van der Waals surface area contributed by atoms with E-state index in [1.54, 1.807) is 28.2 Å². The Balaban J connectivity index is 1.38. The molecule has 0 saturated carbocycles. The minimum absolute atomic E-state index is 0.0647. The summed E-state index contributed by atoms with van der Waals surface area (Å²) in [6, 6.07) is 17.7. The second-order valence-corrected chi connectivity index (χ2v) is 8.47. The zero-order valence-electron chi connectivity index (χ0n) is 13.7. The SMILES string of the molecule is O=C(NCc1ccc(Cc2cccc(Cl)c2)s1)c1ccc2ncsc2c1. The van der Waals surface area contributed by atoms with Crippen LogP contribution in [0.2, 0.25) is 5.02 Å². The van der Waals surface area contributed by atoms with Gasteiger partial charge in [-0.1, -0.05) is 23.7 Å². The van der Waals surface area contributed by atoms with Crippen molar-refractivity contribution in [2.45, 2.75) is 13.0 Å². The van der Waals surface area contributed by atoms with Gasteiger partial charge < -0.3 is 5.32 Å². The predicted octanol–water partition coefficient (Wildman–Crippen LogP) is 5.53. The van der Waals surface area contributed by atoms with Gasteiger partial charge in [0.05, 0.1) is 22.3 Å². The quantitative estimate of drug-likeness (QED) is 0.480. The number of aromatic nitrogens is 1. The summed E-state index contributed by atoms with van der Waals surface area (Å²) < 4.78 is 1.03. The summed E-state index contributed by atoms with van der Waals surface area (Å²) >= 11 is 9.29. The highest BCUT2D eigenvalue weighted by Crippen LogP contribution is 2.22. The predicted molar refractivity (Wildman–Crippen MR) is 109 cm³/mol. The largest absolute Gasteiger partial charge is 0.347 e. The number of nitrogens with zero attached hydrogens (tertiary/aromatic N) is 1. The number of thiazole rings is 1. The van der Waals surface area contributed by atoms with Crippen LogP contribution in [0, 0.1) is 0 Å². The fraction of sp³-hybridized carbons (Fsp3) is 0.100. The van der Waals surface area contributed by atoms with Crippen molar-refractivity contribution in [2.75, 3.05) is 0 Å². The third-order valence-corrected chi connectivity index (χ3v) is 6.11. The lowest BCUT2D eigenvalue weighted by Crippen LogP contribution is -2.22. The molecule has 0 aliphatic rings. The lowest BCUT2D eigenvalue weighted by Gasteiger charge is -2.04. The summed E-state index contributed by atoms with van der Waals surface area (Å²) in [4.78, 5) is 19.0. The van der Waals surface area contributed by atoms with E-state index in [1.165, 1.54) is 10.4 Å². The molecule has 0 spiro atoms. The van der Waals surface area contributed by atoms with Crippen LogP contribution < -0.4 is 5.32 Å². The summed E-state index contributed by atoms with van der Waals surface area (Å²) in [5, 5.41) is 3.75. The minimum Gasteiger partial charge on any atom is -0.347 e. The fourth-order valence-corrected chi connectivity index (χ4v) is 4.65. The summed E-state index contributed by atoms with van der Waals surface area (Å²) in [6.07, 6.45) is 0.848. The van der Waals surface area contributed by atoms with Gasteiger partial charge in [0.15, 0.2) is 0 Å². The Kier molecular flexibility index (Phi) is 5.02. The van der Waals surface area contributed by atoms with Crippen molar-refractivity contribution in [2.24, 2.45) is 0 Å². The molecule has 2 aromatic heterocycles. The number of halogens is 1. The first-order valence-corrected chi connectivity index (χ1v) is 10.2. The summed E-state index contributed by atoms with van der Waals surface area (Å²) in [7, 11) is 0. The third kappa shape index (κ3) is 3.96. The molecule has 0 atom stereocenters. The maximum Gasteiger partial charge on any atom is 0.251 e. The van der Waals surface area contributed by atoms with Crippen molar-refractivity contribution < 1.29 is 4.79 Å². The molecule has 2 aromatic carbocycles. The van der Waals surface area contributed by atoms with Crippen LogP contribution in [0.1, 0.15) is 25.7 Å². The Morgan fingerprint density at radius 3 is 2.85 bits per heavy atom. The van der Waals surface area contributed by atoms with Crippen molar-refractivity contribution in [3.8, 4) is 0 Å². The van der Waals surface area contributed by atoms with Crippen LogP contribution in [-0.2, 0) is 13.0 Å². The number of nitrogens with one attached hydrogen (secondary N) is 1. The Morgan fingerprint density at radius 2 is 1.96 bits per heavy atom. The van der Waals surface area contributed by atoms with Crippen molar-refractivity contribution in [1.82, 2.24) is 10.3 Å². The molecular weight excluding hydrogens is 384 g/mol. The number of carbonyl (C=O) groups excluding carboxylic acids is 1. The standard InChI is InChI=1S/C20H15ClN2OS2/c21-15-3-1-2-13(8-15)9-16-5-6-17(26-16)11-22-20(24)14-4-7-18-19(10-14)25-12-23-18/h1-8,10,12H,9,11H2,(H,22,24). The normalized spacial score (nSPS) is 11.0. The Bertz CT molecular complexity index is 1070. The molecule has 6 heteroatoms. The Labute approximate surface area is 164 Å². The molecule has 0 unspecified atom stereocenters. The molecule has 0 saturated heterocycles. The summed E-state index contributed by atoms with van der Waals surface area (Å²) in [5.41, 5.74) is 4.57. The molecule has 0 radical (unpaired) electrons. The van der Waals surface area contributed by atoms with Crippen LogP contribution in [0.15, 0.2) is 60.1 Å². The van der Waals surface area contributed by atoms with Gasteiger partial charge in [0, 0.05) is 26.8 Å². The second-order valence-electron chi connectivity index (χ2n) is 5.89. The molecule has 1 amide bonds. The molecule has 4 rings (SSSR count). The van der Waals surface area contributed by atoms with Crippen molar-refractivity contribution >= 4 is 50.4 Å². The molecule has 2 heterocycles. The number of fused-ring (bicyclic) bond motifs is 1. The van der Waals surface area contributed by atoms with E-state index in [2.05, 4.69) is 28.5 Å². The van der Waals surface area contributed by atoms with E-state index in [0.29, 0.717) is 12.1 Å². The first-order valence-electron chi connectivity index (χ1n) is 8.11. The smallest absolute Gasteiger partial charge is 0.251 e. The van der Waals surface area contributed by atoms with Gasteiger partial charge in [-0.2, -0.15) is 0 Å². The van der Waals surface area contributed by atoms with E-state index in [-0.39, 0.29) is 5.91 Å². The highest BCUT2D eigenvalue weighted by atomic mass is 35.5. The van der Waals surface area contributed by atoms with Gasteiger partial charge >= 0.3 is 0 Å². The van der Waals surface area contributed by atoms with Crippen LogP contribution in [0.3, 0.4) is 0 Å². The number of hydrogen-bond donors (Lipinski definition) is 1. The van der Waals surface area contributed by atoms with Crippen LogP contribution in [0.25, 0.3) is 10.2 Å². The lowest BCUT2D eigenvalue weighted by atomic mass is 10.1. The van der Waals surface area contributed by atoms with Crippen molar-refractivity contribution in [3.63, 3.8) is 0 Å². The number of benzene rings is 2. The van der Waals surface area contributed by atoms with Crippen LogP contribution in [0.4, 0.5) is 0 Å². The van der Waals surface area contributed by atoms with E-state index in [9.17, 15) is 4.79 Å². The van der Waals surface area contributed by atoms with Gasteiger partial charge in [0.2, 0.25) is 0 Å². The molecule has 0 bridgehead atoms. The van der Waals surface area contributed by atoms with Crippen LogP contribution >= 0.6 is 34.3 Å². The monoisotopic (exact) mass is 398 g/mol. The Hall–Kier alpha value is -2.21. The Morgan fingerprint density at radius 1 is 1.08 bits per heavy atom. The van der Waals surface area contributed by atoms with Gasteiger partial charge in [0.1, 0.15) is 0 Å². The number of amides is 1. The van der Waals surface area contributed by atoms with Gasteiger partial charge in [-0.15, -0.1) is 22.7 Å². The molecule has 26 heavy (non-hydrogen) atoms. The second kappa shape index (κ2) is 7.58. The van der Waals surface area contributed by atoms with E-state index < -0.39 is 0 Å². The van der Waals surface area contributed by atoms with E-state index in [0.717, 1.165) is 26.5 Å². The van der Waals surface area contributed by atoms with E-state index >= 15 is 0 Å². The fourth-order valence-electron chi connectivity index (χ4n) is 2.73. The van der Waals surface area contributed by atoms with E-state index in [4.69, 9.17) is 11.6 Å². The van der Waals surface area contributed by atoms with Crippen molar-refractivity contribution in [3.05, 3.63) is 86.0 Å². The first-order chi connectivity index (χ1) is 12.7. The zero-order chi connectivity index (χ0) is 17.9. The van der Waals surface area contributed by atoms with Crippen LogP contribution in [-0.4, -0.2) is 10.9 Å². The first kappa shape index (κ1) is 17.2. The average molecular weight is 399 g/mol. The van der Waals surface area contributed by atoms with Crippen molar-refractivity contribution in [1.29, 1.82) is 0 Å². The lowest BCUT2D eigenvalue weighted by molar-refractivity contribution is 0.0951. The molecular formula is C20H15ClN2OS2. The van der Waals surface area contributed by atoms with Gasteiger partial charge in [-0.3, -0.25) is 4.79 Å². The molecule has 0 aliphatic heterocycles. The van der Waals surface area contributed by atoms with Gasteiger partial charge in [0.25, 0.3) is 5.91 Å². The third-order valence-electron chi connectivity index (χ3n) is 4.00. The maximum absolute atomic E-state index is 12.4. The van der Waals surface area contributed by atoms with Gasteiger partial charge in [-0.25, -0.2) is 4.98 Å².